The minimum Gasteiger partial charge on any atom is -0.492 e. The lowest BCUT2D eigenvalue weighted by atomic mass is 10.3. The fourth-order valence-electron chi connectivity index (χ4n) is 3.23. The van der Waals surface area contributed by atoms with Gasteiger partial charge in [0.05, 0.1) is 0 Å². The zero-order valence-corrected chi connectivity index (χ0v) is 16.9. The van der Waals surface area contributed by atoms with Crippen molar-refractivity contribution in [3.8, 4) is 5.75 Å². The van der Waals surface area contributed by atoms with E-state index in [9.17, 15) is 0 Å². The average Bonchev–Trinajstić information content (AvgIpc) is 3.25. The van der Waals surface area contributed by atoms with Crippen LogP contribution in [0, 0.1) is 0 Å². The minimum atomic E-state index is 0.520. The number of anilines is 4. The van der Waals surface area contributed by atoms with Crippen LogP contribution in [0.2, 0.25) is 5.02 Å². The molecule has 6 nitrogen and oxygen atoms in total. The molecule has 2 heterocycles. The highest BCUT2D eigenvalue weighted by Gasteiger charge is 2.10. The van der Waals surface area contributed by atoms with Crippen molar-refractivity contribution in [1.29, 1.82) is 0 Å². The van der Waals surface area contributed by atoms with Gasteiger partial charge in [-0.3, -0.25) is 4.90 Å². The summed E-state index contributed by atoms with van der Waals surface area (Å²) in [6.45, 7) is 4.09. The average molecular weight is 410 g/mol. The van der Waals surface area contributed by atoms with Gasteiger partial charge in [0, 0.05) is 29.1 Å². The van der Waals surface area contributed by atoms with E-state index in [4.69, 9.17) is 16.3 Å². The molecular weight excluding hydrogens is 386 g/mol. The smallest absolute Gasteiger partial charge is 0.229 e. The molecule has 0 spiro atoms. The topological polar surface area (TPSA) is 62.3 Å². The van der Waals surface area contributed by atoms with Gasteiger partial charge in [0.25, 0.3) is 0 Å². The number of nitrogens with one attached hydrogen (secondary N) is 2. The van der Waals surface area contributed by atoms with Gasteiger partial charge in [-0.15, -0.1) is 0 Å². The van der Waals surface area contributed by atoms with E-state index in [0.29, 0.717) is 23.4 Å². The van der Waals surface area contributed by atoms with Gasteiger partial charge in [0.2, 0.25) is 5.95 Å². The van der Waals surface area contributed by atoms with Crippen molar-refractivity contribution in [2.75, 3.05) is 36.9 Å². The van der Waals surface area contributed by atoms with Crippen molar-refractivity contribution < 1.29 is 4.74 Å². The molecule has 150 valence electrons. The van der Waals surface area contributed by atoms with Crippen LogP contribution in [0.5, 0.6) is 5.75 Å². The lowest BCUT2D eigenvalue weighted by molar-refractivity contribution is 0.238. The quantitative estimate of drug-likeness (QED) is 0.540. The van der Waals surface area contributed by atoms with E-state index in [1.165, 1.54) is 25.9 Å². The van der Waals surface area contributed by atoms with E-state index in [0.717, 1.165) is 23.7 Å². The van der Waals surface area contributed by atoms with Crippen molar-refractivity contribution in [3.05, 3.63) is 65.8 Å². The first-order chi connectivity index (χ1) is 14.2. The van der Waals surface area contributed by atoms with E-state index in [-0.39, 0.29) is 0 Å². The Labute approximate surface area is 175 Å². The first-order valence-corrected chi connectivity index (χ1v) is 10.2. The zero-order valence-electron chi connectivity index (χ0n) is 16.1. The molecule has 0 radical (unpaired) electrons. The number of nitrogens with zero attached hydrogens (tertiary/aromatic N) is 3. The zero-order chi connectivity index (χ0) is 19.9. The van der Waals surface area contributed by atoms with Crippen LogP contribution in [-0.4, -0.2) is 41.1 Å². The van der Waals surface area contributed by atoms with Crippen LogP contribution in [-0.2, 0) is 0 Å². The van der Waals surface area contributed by atoms with Crippen LogP contribution in [0.1, 0.15) is 12.8 Å². The Morgan fingerprint density at radius 1 is 0.897 bits per heavy atom. The third-order valence-corrected chi connectivity index (χ3v) is 5.01. The third-order valence-electron chi connectivity index (χ3n) is 4.76. The number of likely N-dealkylation sites (tertiary alicyclic amines) is 1. The van der Waals surface area contributed by atoms with Gasteiger partial charge >= 0.3 is 0 Å². The monoisotopic (exact) mass is 409 g/mol. The molecule has 1 aromatic heterocycles. The van der Waals surface area contributed by atoms with E-state index in [2.05, 4.69) is 25.5 Å². The van der Waals surface area contributed by atoms with Crippen molar-refractivity contribution in [1.82, 2.24) is 14.9 Å². The second-order valence-corrected chi connectivity index (χ2v) is 7.38. The highest BCUT2D eigenvalue weighted by Crippen LogP contribution is 2.21. The maximum absolute atomic E-state index is 5.92. The summed E-state index contributed by atoms with van der Waals surface area (Å²) in [5.41, 5.74) is 1.81. The van der Waals surface area contributed by atoms with Crippen LogP contribution >= 0.6 is 11.6 Å². The van der Waals surface area contributed by atoms with E-state index >= 15 is 0 Å². The van der Waals surface area contributed by atoms with Gasteiger partial charge < -0.3 is 15.4 Å². The maximum Gasteiger partial charge on any atom is 0.229 e. The minimum absolute atomic E-state index is 0.520. The standard InChI is InChI=1S/C22H24ClN5O/c23-17-3-5-18(6-4-17)25-21-11-12-24-22(27-21)26-19-7-9-20(10-8-19)29-16-15-28-13-1-2-14-28/h3-12H,1-2,13-16H2,(H2,24,25,26,27). The van der Waals surface area contributed by atoms with Crippen molar-refractivity contribution in [2.45, 2.75) is 12.8 Å². The van der Waals surface area contributed by atoms with Crippen LogP contribution in [0.4, 0.5) is 23.1 Å². The summed E-state index contributed by atoms with van der Waals surface area (Å²) in [5.74, 6) is 2.09. The normalized spacial score (nSPS) is 14.0. The highest BCUT2D eigenvalue weighted by atomic mass is 35.5. The van der Waals surface area contributed by atoms with Crippen LogP contribution < -0.4 is 15.4 Å². The summed E-state index contributed by atoms with van der Waals surface area (Å²) < 4.78 is 5.85. The molecule has 0 bridgehead atoms. The van der Waals surface area contributed by atoms with Crippen LogP contribution in [0.3, 0.4) is 0 Å². The molecule has 2 aromatic carbocycles. The molecule has 0 unspecified atom stereocenters. The molecule has 1 aliphatic heterocycles. The maximum atomic E-state index is 5.92. The Morgan fingerprint density at radius 3 is 2.34 bits per heavy atom. The summed E-state index contributed by atoms with van der Waals surface area (Å²) in [5, 5.41) is 7.16. The first-order valence-electron chi connectivity index (χ1n) is 9.82. The number of hydrogen-bond donors (Lipinski definition) is 2. The molecule has 1 fully saturated rings. The summed E-state index contributed by atoms with van der Waals surface area (Å²) in [6, 6.07) is 17.1. The molecule has 7 heteroatoms. The number of benzene rings is 2. The Bertz CT molecular complexity index is 911. The van der Waals surface area contributed by atoms with Crippen LogP contribution in [0.15, 0.2) is 60.8 Å². The largest absolute Gasteiger partial charge is 0.492 e. The lowest BCUT2D eigenvalue weighted by Gasteiger charge is -2.15. The predicted octanol–water partition coefficient (Wildman–Crippen LogP) is 5.09. The lowest BCUT2D eigenvalue weighted by Crippen LogP contribution is -2.25. The summed E-state index contributed by atoms with van der Waals surface area (Å²) in [6.07, 6.45) is 4.32. The van der Waals surface area contributed by atoms with E-state index in [1.807, 2.05) is 54.6 Å². The van der Waals surface area contributed by atoms with Gasteiger partial charge in [-0.25, -0.2) is 4.98 Å². The predicted molar refractivity (Wildman–Crippen MR) is 118 cm³/mol. The summed E-state index contributed by atoms with van der Waals surface area (Å²) in [7, 11) is 0. The molecule has 1 aliphatic rings. The number of rotatable bonds is 8. The van der Waals surface area contributed by atoms with Gasteiger partial charge in [-0.05, 0) is 80.5 Å². The molecule has 4 rings (SSSR count). The second-order valence-electron chi connectivity index (χ2n) is 6.94. The number of halogens is 1. The summed E-state index contributed by atoms with van der Waals surface area (Å²) >= 11 is 5.92. The fraction of sp³-hybridized carbons (Fsp3) is 0.273. The Kier molecular flexibility index (Phi) is 6.44. The van der Waals surface area contributed by atoms with E-state index < -0.39 is 0 Å². The molecule has 3 aromatic rings. The van der Waals surface area contributed by atoms with Gasteiger partial charge in [-0.1, -0.05) is 11.6 Å². The Morgan fingerprint density at radius 2 is 1.59 bits per heavy atom. The van der Waals surface area contributed by atoms with Crippen molar-refractivity contribution in [2.24, 2.45) is 0 Å². The van der Waals surface area contributed by atoms with Gasteiger partial charge in [-0.2, -0.15) is 4.98 Å². The molecule has 0 amide bonds. The highest BCUT2D eigenvalue weighted by molar-refractivity contribution is 6.30. The number of aromatic nitrogens is 2. The third kappa shape index (κ3) is 5.82. The number of hydrogen-bond acceptors (Lipinski definition) is 6. The van der Waals surface area contributed by atoms with E-state index in [1.54, 1.807) is 6.20 Å². The molecule has 2 N–H and O–H groups in total. The Balaban J connectivity index is 1.31. The van der Waals surface area contributed by atoms with Crippen LogP contribution in [0.25, 0.3) is 0 Å². The second kappa shape index (κ2) is 9.58. The molecule has 0 saturated carbocycles. The SMILES string of the molecule is Clc1ccc(Nc2ccnc(Nc3ccc(OCCN4CCCC4)cc3)n2)cc1. The van der Waals surface area contributed by atoms with Gasteiger partial charge in [0.15, 0.2) is 0 Å². The molecular formula is C22H24ClN5O. The molecule has 0 aliphatic carbocycles. The summed E-state index contributed by atoms with van der Waals surface area (Å²) in [4.78, 5) is 11.2. The van der Waals surface area contributed by atoms with Gasteiger partial charge in [0.1, 0.15) is 18.2 Å². The molecule has 29 heavy (non-hydrogen) atoms. The number of ether oxygens (including phenoxy) is 1. The van der Waals surface area contributed by atoms with Crippen molar-refractivity contribution >= 4 is 34.7 Å². The first kappa shape index (κ1) is 19.5. The fourth-order valence-corrected chi connectivity index (χ4v) is 3.36. The molecule has 1 saturated heterocycles. The Hall–Kier alpha value is -2.83. The van der Waals surface area contributed by atoms with Crippen molar-refractivity contribution in [3.63, 3.8) is 0 Å². The molecule has 0 atom stereocenters.